The molecule has 1 aromatic rings. The fourth-order valence-corrected chi connectivity index (χ4v) is 2.31. The summed E-state index contributed by atoms with van der Waals surface area (Å²) in [5, 5.41) is 3.53. The molecule has 0 spiro atoms. The summed E-state index contributed by atoms with van der Waals surface area (Å²) in [6.45, 7) is 5.93. The normalized spacial score (nSPS) is 22.2. The van der Waals surface area contributed by atoms with Crippen LogP contribution in [0.15, 0.2) is 24.3 Å². The summed E-state index contributed by atoms with van der Waals surface area (Å²) in [6.07, 6.45) is 0.291. The van der Waals surface area contributed by atoms with Crippen LogP contribution < -0.4 is 10.1 Å². The molecule has 1 N–H and O–H groups in total. The van der Waals surface area contributed by atoms with Gasteiger partial charge in [0.1, 0.15) is 5.75 Å². The van der Waals surface area contributed by atoms with Gasteiger partial charge in [-0.1, -0.05) is 12.1 Å². The minimum absolute atomic E-state index is 0.291. The van der Waals surface area contributed by atoms with Crippen molar-refractivity contribution in [2.75, 3.05) is 40.4 Å². The van der Waals surface area contributed by atoms with Gasteiger partial charge in [0.05, 0.1) is 19.8 Å². The van der Waals surface area contributed by atoms with Gasteiger partial charge in [0.2, 0.25) is 0 Å². The molecule has 1 fully saturated rings. The Balaban J connectivity index is 1.81. The Labute approximate surface area is 115 Å². The number of nitrogens with one attached hydrogen (secondary N) is 1. The van der Waals surface area contributed by atoms with Crippen LogP contribution in [-0.4, -0.2) is 51.4 Å². The molecule has 0 radical (unpaired) electrons. The third kappa shape index (κ3) is 4.20. The molecule has 1 saturated heterocycles. The molecular weight excluding hydrogens is 240 g/mol. The molecule has 2 atom stereocenters. The monoisotopic (exact) mass is 264 g/mol. The van der Waals surface area contributed by atoms with Crippen molar-refractivity contribution in [1.29, 1.82) is 0 Å². The van der Waals surface area contributed by atoms with Crippen LogP contribution in [0.4, 0.5) is 0 Å². The molecule has 1 unspecified atom stereocenters. The number of hydrogen-bond donors (Lipinski definition) is 1. The van der Waals surface area contributed by atoms with E-state index >= 15 is 0 Å². The smallest absolute Gasteiger partial charge is 0.118 e. The van der Waals surface area contributed by atoms with Crippen LogP contribution in [-0.2, 0) is 4.74 Å². The Morgan fingerprint density at radius 1 is 1.42 bits per heavy atom. The van der Waals surface area contributed by atoms with Crippen molar-refractivity contribution in [3.63, 3.8) is 0 Å². The van der Waals surface area contributed by atoms with E-state index in [2.05, 4.69) is 36.3 Å². The van der Waals surface area contributed by atoms with E-state index in [0.29, 0.717) is 12.1 Å². The Morgan fingerprint density at radius 3 is 2.79 bits per heavy atom. The summed E-state index contributed by atoms with van der Waals surface area (Å²) in [7, 11) is 3.83. The highest BCUT2D eigenvalue weighted by atomic mass is 16.5. The molecule has 4 nitrogen and oxygen atoms in total. The van der Waals surface area contributed by atoms with Gasteiger partial charge in [-0.3, -0.25) is 0 Å². The lowest BCUT2D eigenvalue weighted by Crippen LogP contribution is -2.45. The Morgan fingerprint density at radius 2 is 2.16 bits per heavy atom. The first-order chi connectivity index (χ1) is 9.19. The van der Waals surface area contributed by atoms with Crippen molar-refractivity contribution in [2.45, 2.75) is 19.1 Å². The Kier molecular flexibility index (Phi) is 5.19. The minimum Gasteiger partial charge on any atom is -0.497 e. The van der Waals surface area contributed by atoms with Gasteiger partial charge in [-0.05, 0) is 31.7 Å². The van der Waals surface area contributed by atoms with E-state index in [1.165, 1.54) is 5.56 Å². The maximum Gasteiger partial charge on any atom is 0.118 e. The van der Waals surface area contributed by atoms with Gasteiger partial charge in [0.25, 0.3) is 0 Å². The van der Waals surface area contributed by atoms with Gasteiger partial charge < -0.3 is 19.7 Å². The van der Waals surface area contributed by atoms with E-state index in [1.807, 2.05) is 12.1 Å². The van der Waals surface area contributed by atoms with Crippen LogP contribution in [0.25, 0.3) is 0 Å². The molecule has 0 saturated carbocycles. The highest BCUT2D eigenvalue weighted by molar-refractivity contribution is 5.28. The number of ether oxygens (including phenoxy) is 2. The third-order valence-electron chi connectivity index (χ3n) is 3.61. The quantitative estimate of drug-likeness (QED) is 0.877. The van der Waals surface area contributed by atoms with Gasteiger partial charge >= 0.3 is 0 Å². The molecule has 0 amide bonds. The molecule has 4 heteroatoms. The van der Waals surface area contributed by atoms with Crippen LogP contribution in [0.1, 0.15) is 18.5 Å². The van der Waals surface area contributed by atoms with Crippen molar-refractivity contribution >= 4 is 0 Å². The topological polar surface area (TPSA) is 33.7 Å². The first-order valence-corrected chi connectivity index (χ1v) is 6.86. The number of benzene rings is 1. The maximum absolute atomic E-state index is 5.75. The molecule has 0 aromatic heterocycles. The van der Waals surface area contributed by atoms with Crippen molar-refractivity contribution in [1.82, 2.24) is 10.2 Å². The van der Waals surface area contributed by atoms with Crippen molar-refractivity contribution in [2.24, 2.45) is 0 Å². The van der Waals surface area contributed by atoms with Crippen LogP contribution in [0, 0.1) is 0 Å². The molecule has 1 aliphatic heterocycles. The first-order valence-electron chi connectivity index (χ1n) is 6.86. The Hall–Kier alpha value is -1.10. The van der Waals surface area contributed by atoms with Gasteiger partial charge in [-0.2, -0.15) is 0 Å². The Bertz CT molecular complexity index is 380. The van der Waals surface area contributed by atoms with E-state index in [-0.39, 0.29) is 0 Å². The summed E-state index contributed by atoms with van der Waals surface area (Å²) in [5.41, 5.74) is 1.27. The molecule has 0 aliphatic carbocycles. The fraction of sp³-hybridized carbons (Fsp3) is 0.600. The number of morpholine rings is 1. The summed E-state index contributed by atoms with van der Waals surface area (Å²) in [4.78, 5) is 2.31. The first kappa shape index (κ1) is 14.3. The zero-order chi connectivity index (χ0) is 13.7. The van der Waals surface area contributed by atoms with E-state index in [1.54, 1.807) is 7.11 Å². The zero-order valence-electron chi connectivity index (χ0n) is 12.1. The lowest BCUT2D eigenvalue weighted by molar-refractivity contribution is -0.0190. The van der Waals surface area contributed by atoms with Gasteiger partial charge in [-0.15, -0.1) is 0 Å². The number of hydrogen-bond acceptors (Lipinski definition) is 4. The predicted octanol–water partition coefficient (Wildman–Crippen LogP) is 1.68. The number of likely N-dealkylation sites (N-methyl/N-ethyl adjacent to an activating group) is 1. The van der Waals surface area contributed by atoms with E-state index in [0.717, 1.165) is 32.0 Å². The van der Waals surface area contributed by atoms with Crippen molar-refractivity contribution < 1.29 is 9.47 Å². The molecule has 19 heavy (non-hydrogen) atoms. The van der Waals surface area contributed by atoms with Crippen LogP contribution in [0.2, 0.25) is 0 Å². The minimum atomic E-state index is 0.291. The second-order valence-electron chi connectivity index (χ2n) is 5.16. The second-order valence-corrected chi connectivity index (χ2v) is 5.16. The highest BCUT2D eigenvalue weighted by Gasteiger charge is 2.18. The van der Waals surface area contributed by atoms with Gasteiger partial charge in [0, 0.05) is 25.7 Å². The van der Waals surface area contributed by atoms with Crippen LogP contribution in [0.5, 0.6) is 5.75 Å². The number of methoxy groups -OCH3 is 1. The van der Waals surface area contributed by atoms with E-state index in [4.69, 9.17) is 9.47 Å². The predicted molar refractivity (Wildman–Crippen MR) is 76.6 cm³/mol. The van der Waals surface area contributed by atoms with Gasteiger partial charge in [-0.25, -0.2) is 0 Å². The lowest BCUT2D eigenvalue weighted by atomic mass is 10.1. The summed E-state index contributed by atoms with van der Waals surface area (Å²) in [5.74, 6) is 0.896. The molecule has 1 aliphatic rings. The number of rotatable bonds is 5. The van der Waals surface area contributed by atoms with E-state index in [9.17, 15) is 0 Å². The summed E-state index contributed by atoms with van der Waals surface area (Å²) >= 11 is 0. The van der Waals surface area contributed by atoms with Crippen molar-refractivity contribution in [3.8, 4) is 5.75 Å². The molecule has 106 valence electrons. The molecule has 2 rings (SSSR count). The lowest BCUT2D eigenvalue weighted by Gasteiger charge is -2.31. The molecular formula is C15H24N2O2. The summed E-state index contributed by atoms with van der Waals surface area (Å²) < 4.78 is 10.9. The fourth-order valence-electron chi connectivity index (χ4n) is 2.31. The van der Waals surface area contributed by atoms with Crippen molar-refractivity contribution in [3.05, 3.63) is 29.8 Å². The highest BCUT2D eigenvalue weighted by Crippen LogP contribution is 2.17. The van der Waals surface area contributed by atoms with Crippen LogP contribution in [0.3, 0.4) is 0 Å². The van der Waals surface area contributed by atoms with E-state index < -0.39 is 0 Å². The molecule has 0 bridgehead atoms. The number of nitrogens with zero attached hydrogens (tertiary/aromatic N) is 1. The maximum atomic E-state index is 5.75. The average Bonchev–Trinajstić information content (AvgIpc) is 2.45. The zero-order valence-corrected chi connectivity index (χ0v) is 12.1. The third-order valence-corrected chi connectivity index (χ3v) is 3.61. The molecule has 1 heterocycles. The largest absolute Gasteiger partial charge is 0.497 e. The van der Waals surface area contributed by atoms with Crippen LogP contribution >= 0.6 is 0 Å². The SMILES string of the molecule is COc1ccc([C@H](C)NCC2CN(C)CCO2)cc1. The summed E-state index contributed by atoms with van der Waals surface area (Å²) in [6, 6.07) is 8.52. The van der Waals surface area contributed by atoms with Gasteiger partial charge in [0.15, 0.2) is 0 Å². The molecule has 1 aromatic carbocycles. The average molecular weight is 264 g/mol. The standard InChI is InChI=1S/C15H24N2O2/c1-12(13-4-6-14(18-3)7-5-13)16-10-15-11-17(2)8-9-19-15/h4-7,12,15-16H,8-11H2,1-3H3/t12-,15?/m0/s1. The second kappa shape index (κ2) is 6.89.